The van der Waals surface area contributed by atoms with Gasteiger partial charge in [0.2, 0.25) is 11.8 Å². The fourth-order valence-electron chi connectivity index (χ4n) is 1.06. The lowest BCUT2D eigenvalue weighted by molar-refractivity contribution is -0.140. The summed E-state index contributed by atoms with van der Waals surface area (Å²) in [6, 6.07) is 0. The average molecular weight is 237 g/mol. The number of carbonyl (C=O) groups excluding carboxylic acids is 1. The number of hydrogen-bond donors (Lipinski definition) is 2. The van der Waals surface area contributed by atoms with Gasteiger partial charge in [0.15, 0.2) is 0 Å². The number of aromatic amines is 1. The number of aromatic nitrogens is 3. The minimum Gasteiger partial charge on any atom is -0.366 e. The van der Waals surface area contributed by atoms with Gasteiger partial charge in [0.05, 0.1) is 0 Å². The molecule has 0 aliphatic rings. The van der Waals surface area contributed by atoms with Gasteiger partial charge in [-0.25, -0.2) is 0 Å². The first-order valence-electron chi connectivity index (χ1n) is 4.37. The van der Waals surface area contributed by atoms with Crippen molar-refractivity contribution in [2.24, 2.45) is 0 Å². The highest BCUT2D eigenvalue weighted by atomic mass is 19.4. The van der Waals surface area contributed by atoms with Gasteiger partial charge < -0.3 is 10.6 Å². The standard InChI is InChI=1S/C7H10F3N5O/c1-2-15(3-7(8,9)10)5(16)4-12-6(11)14-13-4/h2-3H2,1H3,(H3,11,12,13,14). The Morgan fingerprint density at radius 2 is 2.19 bits per heavy atom. The van der Waals surface area contributed by atoms with Gasteiger partial charge in [-0.2, -0.15) is 18.2 Å². The maximum Gasteiger partial charge on any atom is 0.406 e. The third-order valence-electron chi connectivity index (χ3n) is 1.74. The highest BCUT2D eigenvalue weighted by Gasteiger charge is 2.33. The van der Waals surface area contributed by atoms with Crippen LogP contribution >= 0.6 is 0 Å². The lowest BCUT2D eigenvalue weighted by Crippen LogP contribution is -2.39. The first-order valence-corrected chi connectivity index (χ1v) is 4.37. The maximum absolute atomic E-state index is 12.1. The van der Waals surface area contributed by atoms with Crippen LogP contribution < -0.4 is 5.73 Å². The summed E-state index contributed by atoms with van der Waals surface area (Å²) in [7, 11) is 0. The molecular weight excluding hydrogens is 227 g/mol. The number of carbonyl (C=O) groups is 1. The molecule has 9 heteroatoms. The van der Waals surface area contributed by atoms with Crippen LogP contribution in [-0.2, 0) is 0 Å². The van der Waals surface area contributed by atoms with Crippen molar-refractivity contribution in [3.63, 3.8) is 0 Å². The predicted octanol–water partition coefficient (Wildman–Crippen LogP) is 0.411. The molecule has 1 rings (SSSR count). The molecule has 0 fully saturated rings. The second kappa shape index (κ2) is 4.37. The maximum atomic E-state index is 12.1. The van der Waals surface area contributed by atoms with Crippen LogP contribution in [0.25, 0.3) is 0 Å². The van der Waals surface area contributed by atoms with Crippen LogP contribution in [-0.4, -0.2) is 45.3 Å². The summed E-state index contributed by atoms with van der Waals surface area (Å²) in [5, 5.41) is 5.52. The molecule has 1 aromatic heterocycles. The number of nitrogens with one attached hydrogen (secondary N) is 1. The van der Waals surface area contributed by atoms with E-state index < -0.39 is 18.6 Å². The van der Waals surface area contributed by atoms with E-state index in [0.29, 0.717) is 4.90 Å². The molecule has 1 aromatic rings. The van der Waals surface area contributed by atoms with Crippen LogP contribution in [0.1, 0.15) is 17.5 Å². The van der Waals surface area contributed by atoms with Gasteiger partial charge in [0.1, 0.15) is 6.54 Å². The molecule has 0 bridgehead atoms. The predicted molar refractivity (Wildman–Crippen MR) is 48.4 cm³/mol. The summed E-state index contributed by atoms with van der Waals surface area (Å²) in [5.41, 5.74) is 5.14. The normalized spacial score (nSPS) is 11.5. The number of rotatable bonds is 3. The number of hydrogen-bond acceptors (Lipinski definition) is 4. The summed E-state index contributed by atoms with van der Waals surface area (Å²) in [5.74, 6) is -1.38. The second-order valence-corrected chi connectivity index (χ2v) is 2.98. The quantitative estimate of drug-likeness (QED) is 0.797. The van der Waals surface area contributed by atoms with Crippen LogP contribution in [0, 0.1) is 0 Å². The fraction of sp³-hybridized carbons (Fsp3) is 0.571. The Hall–Kier alpha value is -1.80. The van der Waals surface area contributed by atoms with Crippen molar-refractivity contribution in [3.8, 4) is 0 Å². The van der Waals surface area contributed by atoms with Crippen molar-refractivity contribution >= 4 is 11.9 Å². The molecule has 16 heavy (non-hydrogen) atoms. The topological polar surface area (TPSA) is 87.9 Å². The third kappa shape index (κ3) is 3.11. The van der Waals surface area contributed by atoms with Crippen molar-refractivity contribution in [1.29, 1.82) is 0 Å². The molecule has 6 nitrogen and oxygen atoms in total. The van der Waals surface area contributed by atoms with Crippen molar-refractivity contribution < 1.29 is 18.0 Å². The Kier molecular flexibility index (Phi) is 3.35. The number of H-pyrrole nitrogens is 1. The molecule has 0 atom stereocenters. The summed E-state index contributed by atoms with van der Waals surface area (Å²) in [6.07, 6.45) is -4.45. The number of alkyl halides is 3. The molecule has 0 aliphatic heterocycles. The number of halogens is 3. The number of nitrogen functional groups attached to an aromatic ring is 1. The van der Waals surface area contributed by atoms with Crippen molar-refractivity contribution in [2.45, 2.75) is 13.1 Å². The first kappa shape index (κ1) is 12.3. The molecule has 1 amide bonds. The fourth-order valence-corrected chi connectivity index (χ4v) is 1.06. The van der Waals surface area contributed by atoms with Gasteiger partial charge in [-0.3, -0.25) is 9.89 Å². The monoisotopic (exact) mass is 237 g/mol. The van der Waals surface area contributed by atoms with E-state index in [1.165, 1.54) is 6.92 Å². The third-order valence-corrected chi connectivity index (χ3v) is 1.74. The molecule has 3 N–H and O–H groups in total. The van der Waals surface area contributed by atoms with Crippen LogP contribution in [0.5, 0.6) is 0 Å². The van der Waals surface area contributed by atoms with E-state index in [1.807, 2.05) is 0 Å². The largest absolute Gasteiger partial charge is 0.406 e. The summed E-state index contributed by atoms with van der Waals surface area (Å²) in [4.78, 5) is 15.6. The Morgan fingerprint density at radius 3 is 2.56 bits per heavy atom. The van der Waals surface area contributed by atoms with E-state index in [2.05, 4.69) is 15.2 Å². The second-order valence-electron chi connectivity index (χ2n) is 2.98. The smallest absolute Gasteiger partial charge is 0.366 e. The number of anilines is 1. The Balaban J connectivity index is 2.78. The minimum absolute atomic E-state index is 0.0844. The summed E-state index contributed by atoms with van der Waals surface area (Å²) < 4.78 is 36.3. The molecule has 0 aromatic carbocycles. The number of nitrogens with zero attached hydrogens (tertiary/aromatic N) is 3. The van der Waals surface area contributed by atoms with Gasteiger partial charge in [0.25, 0.3) is 5.91 Å². The van der Waals surface area contributed by atoms with Crippen molar-refractivity contribution in [1.82, 2.24) is 20.1 Å². The Morgan fingerprint density at radius 1 is 1.56 bits per heavy atom. The molecule has 0 spiro atoms. The van der Waals surface area contributed by atoms with Crippen LogP contribution in [0.2, 0.25) is 0 Å². The SMILES string of the molecule is CCN(CC(F)(F)F)C(=O)c1nc(N)n[nH]1. The van der Waals surface area contributed by atoms with Crippen molar-refractivity contribution in [2.75, 3.05) is 18.8 Å². The summed E-state index contributed by atoms with van der Waals surface area (Å²) in [6.45, 7) is 0.0191. The van der Waals surface area contributed by atoms with Gasteiger partial charge in [-0.1, -0.05) is 0 Å². The zero-order valence-corrected chi connectivity index (χ0v) is 8.38. The van der Waals surface area contributed by atoms with Crippen LogP contribution in [0.15, 0.2) is 0 Å². The van der Waals surface area contributed by atoms with E-state index in [0.717, 1.165) is 0 Å². The van der Waals surface area contributed by atoms with Gasteiger partial charge in [-0.05, 0) is 6.92 Å². The number of amides is 1. The lowest BCUT2D eigenvalue weighted by atomic mass is 10.4. The molecule has 0 unspecified atom stereocenters. The molecule has 0 aliphatic carbocycles. The Labute approximate surface area is 88.6 Å². The van der Waals surface area contributed by atoms with E-state index >= 15 is 0 Å². The van der Waals surface area contributed by atoms with E-state index in [-0.39, 0.29) is 18.3 Å². The van der Waals surface area contributed by atoms with Gasteiger partial charge in [-0.15, -0.1) is 5.10 Å². The van der Waals surface area contributed by atoms with E-state index in [9.17, 15) is 18.0 Å². The average Bonchev–Trinajstić information content (AvgIpc) is 2.58. The zero-order chi connectivity index (χ0) is 12.3. The first-order chi connectivity index (χ1) is 7.33. The summed E-state index contributed by atoms with van der Waals surface area (Å²) >= 11 is 0. The molecule has 0 saturated heterocycles. The molecule has 0 radical (unpaired) electrons. The minimum atomic E-state index is -4.45. The van der Waals surface area contributed by atoms with Crippen LogP contribution in [0.4, 0.5) is 19.1 Å². The van der Waals surface area contributed by atoms with E-state index in [4.69, 9.17) is 5.73 Å². The highest BCUT2D eigenvalue weighted by Crippen LogP contribution is 2.17. The Bertz CT molecular complexity index is 374. The molecule has 90 valence electrons. The van der Waals surface area contributed by atoms with E-state index in [1.54, 1.807) is 0 Å². The van der Waals surface area contributed by atoms with Gasteiger partial charge in [0, 0.05) is 6.54 Å². The molecular formula is C7H10F3N5O. The highest BCUT2D eigenvalue weighted by molar-refractivity contribution is 5.90. The zero-order valence-electron chi connectivity index (χ0n) is 8.38. The molecule has 1 heterocycles. The lowest BCUT2D eigenvalue weighted by Gasteiger charge is -2.20. The van der Waals surface area contributed by atoms with Crippen molar-refractivity contribution in [3.05, 3.63) is 5.82 Å². The van der Waals surface area contributed by atoms with Gasteiger partial charge >= 0.3 is 6.18 Å². The van der Waals surface area contributed by atoms with Crippen LogP contribution in [0.3, 0.4) is 0 Å². The molecule has 0 saturated carbocycles. The number of nitrogens with two attached hydrogens (primary N) is 1.